The molecule has 0 atom stereocenters. The summed E-state index contributed by atoms with van der Waals surface area (Å²) < 4.78 is 6.58. The van der Waals surface area contributed by atoms with Gasteiger partial charge in [-0.25, -0.2) is 9.78 Å². The zero-order valence-electron chi connectivity index (χ0n) is 13.8. The summed E-state index contributed by atoms with van der Waals surface area (Å²) in [5.74, 6) is -0.282. The number of halogens is 2. The van der Waals surface area contributed by atoms with Gasteiger partial charge in [0.15, 0.2) is 12.0 Å². The number of nitrogens with zero attached hydrogens (tertiary/aromatic N) is 2. The fraction of sp³-hybridized carbons (Fsp3) is 0.105. The van der Waals surface area contributed by atoms with Gasteiger partial charge in [0.1, 0.15) is 11.5 Å². The molecule has 5 nitrogen and oxygen atoms in total. The second-order valence-electron chi connectivity index (χ2n) is 5.30. The molecule has 0 fully saturated rings. The molecule has 0 radical (unpaired) electrons. The highest BCUT2D eigenvalue weighted by Gasteiger charge is 2.25. The Morgan fingerprint density at radius 2 is 1.85 bits per heavy atom. The van der Waals surface area contributed by atoms with Gasteiger partial charge < -0.3 is 4.74 Å². The fourth-order valence-electron chi connectivity index (χ4n) is 2.56. The van der Waals surface area contributed by atoms with E-state index in [-0.39, 0.29) is 18.0 Å². The summed E-state index contributed by atoms with van der Waals surface area (Å²) in [6.45, 7) is 1.86. The van der Waals surface area contributed by atoms with Crippen LogP contribution in [0.2, 0.25) is 10.0 Å². The lowest BCUT2D eigenvalue weighted by atomic mass is 10.2. The van der Waals surface area contributed by atoms with E-state index in [1.54, 1.807) is 60.0 Å². The van der Waals surface area contributed by atoms with E-state index in [2.05, 4.69) is 4.98 Å². The van der Waals surface area contributed by atoms with Crippen molar-refractivity contribution in [2.75, 3.05) is 6.61 Å². The van der Waals surface area contributed by atoms with Crippen molar-refractivity contribution in [2.45, 2.75) is 6.92 Å². The first kappa shape index (κ1) is 18.2. The summed E-state index contributed by atoms with van der Waals surface area (Å²) in [6, 6.07) is 13.9. The van der Waals surface area contributed by atoms with E-state index in [9.17, 15) is 9.59 Å². The lowest BCUT2D eigenvalue weighted by molar-refractivity contribution is 0.0518. The number of carbonyl (C=O) groups is 2. The molecule has 26 heavy (non-hydrogen) atoms. The molecule has 1 heterocycles. The highest BCUT2D eigenvalue weighted by molar-refractivity contribution is 6.32. The van der Waals surface area contributed by atoms with E-state index < -0.39 is 5.97 Å². The lowest BCUT2D eigenvalue weighted by Gasteiger charge is -2.11. The number of imidazole rings is 1. The van der Waals surface area contributed by atoms with Crippen molar-refractivity contribution in [3.63, 3.8) is 0 Å². The molecule has 0 aliphatic carbocycles. The van der Waals surface area contributed by atoms with E-state index in [1.165, 1.54) is 0 Å². The molecule has 2 aromatic carbocycles. The monoisotopic (exact) mass is 388 g/mol. The minimum absolute atomic E-state index is 0.0632. The zero-order valence-corrected chi connectivity index (χ0v) is 15.3. The van der Waals surface area contributed by atoms with Crippen molar-refractivity contribution in [3.05, 3.63) is 70.0 Å². The first-order valence-electron chi connectivity index (χ1n) is 7.82. The Hall–Kier alpha value is -2.63. The summed E-state index contributed by atoms with van der Waals surface area (Å²) in [5.41, 5.74) is 1.21. The Morgan fingerprint density at radius 1 is 1.15 bits per heavy atom. The number of carbonyl (C=O) groups excluding carboxylic acids is 2. The number of hydrogen-bond acceptors (Lipinski definition) is 4. The van der Waals surface area contributed by atoms with Crippen molar-refractivity contribution in [3.8, 4) is 17.1 Å². The van der Waals surface area contributed by atoms with Crippen LogP contribution in [0.25, 0.3) is 17.1 Å². The molecule has 0 unspecified atom stereocenters. The number of hydrogen-bond donors (Lipinski definition) is 0. The van der Waals surface area contributed by atoms with Gasteiger partial charge in [0.25, 0.3) is 0 Å². The summed E-state index contributed by atoms with van der Waals surface area (Å²) >= 11 is 12.3. The molecule has 3 rings (SSSR count). The number of aldehydes is 1. The standard InChI is InChI=1S/C19H14Cl2N2O3/c1-2-26-19(25)17-16(11-24)23(15-6-4-3-5-14(15)21)18(22-17)12-7-9-13(20)10-8-12/h3-11H,2H2,1H3. The van der Waals surface area contributed by atoms with E-state index in [4.69, 9.17) is 27.9 Å². The Labute approximate surface area is 160 Å². The number of ether oxygens (including phenoxy) is 1. The Balaban J connectivity index is 2.31. The number of aromatic nitrogens is 2. The predicted molar refractivity (Wildman–Crippen MR) is 100 cm³/mol. The van der Waals surface area contributed by atoms with Crippen LogP contribution in [0.1, 0.15) is 27.9 Å². The molecule has 132 valence electrons. The fourth-order valence-corrected chi connectivity index (χ4v) is 2.91. The minimum atomic E-state index is -0.671. The molecule has 3 aromatic rings. The van der Waals surface area contributed by atoms with Gasteiger partial charge in [0, 0.05) is 10.6 Å². The Morgan fingerprint density at radius 3 is 2.46 bits per heavy atom. The second kappa shape index (κ2) is 7.72. The molecule has 0 bridgehead atoms. The van der Waals surface area contributed by atoms with Crippen LogP contribution in [0.4, 0.5) is 0 Å². The average Bonchev–Trinajstić information content (AvgIpc) is 3.02. The molecule has 1 aromatic heterocycles. The first-order chi connectivity index (χ1) is 12.6. The van der Waals surface area contributed by atoms with Gasteiger partial charge in [-0.3, -0.25) is 9.36 Å². The topological polar surface area (TPSA) is 61.2 Å². The third kappa shape index (κ3) is 3.36. The van der Waals surface area contributed by atoms with Gasteiger partial charge in [-0.05, 0) is 43.3 Å². The third-order valence-electron chi connectivity index (χ3n) is 3.69. The highest BCUT2D eigenvalue weighted by Crippen LogP contribution is 2.30. The molecular weight excluding hydrogens is 375 g/mol. The van der Waals surface area contributed by atoms with E-state index in [0.29, 0.717) is 33.4 Å². The molecule has 0 spiro atoms. The minimum Gasteiger partial charge on any atom is -0.461 e. The van der Waals surface area contributed by atoms with Crippen LogP contribution < -0.4 is 0 Å². The van der Waals surface area contributed by atoms with Gasteiger partial charge in [-0.1, -0.05) is 35.3 Å². The quantitative estimate of drug-likeness (QED) is 0.463. The molecule has 0 amide bonds. The van der Waals surface area contributed by atoms with Crippen LogP contribution in [0.15, 0.2) is 48.5 Å². The van der Waals surface area contributed by atoms with Gasteiger partial charge >= 0.3 is 5.97 Å². The lowest BCUT2D eigenvalue weighted by Crippen LogP contribution is -2.10. The van der Waals surface area contributed by atoms with Crippen molar-refractivity contribution in [2.24, 2.45) is 0 Å². The van der Waals surface area contributed by atoms with Crippen LogP contribution in [0.5, 0.6) is 0 Å². The highest BCUT2D eigenvalue weighted by atomic mass is 35.5. The van der Waals surface area contributed by atoms with Gasteiger partial charge in [-0.15, -0.1) is 0 Å². The van der Waals surface area contributed by atoms with Crippen LogP contribution in [0.3, 0.4) is 0 Å². The molecule has 0 saturated heterocycles. The number of para-hydroxylation sites is 1. The van der Waals surface area contributed by atoms with E-state index in [0.717, 1.165) is 0 Å². The first-order valence-corrected chi connectivity index (χ1v) is 8.58. The van der Waals surface area contributed by atoms with Crippen molar-refractivity contribution >= 4 is 35.5 Å². The number of benzene rings is 2. The molecular formula is C19H14Cl2N2O3. The maximum Gasteiger partial charge on any atom is 0.359 e. The zero-order chi connectivity index (χ0) is 18.7. The average molecular weight is 389 g/mol. The number of esters is 1. The summed E-state index contributed by atoms with van der Waals surface area (Å²) in [4.78, 5) is 28.5. The van der Waals surface area contributed by atoms with Crippen LogP contribution >= 0.6 is 23.2 Å². The van der Waals surface area contributed by atoms with Crippen LogP contribution in [-0.2, 0) is 4.74 Å². The number of rotatable bonds is 5. The van der Waals surface area contributed by atoms with Crippen molar-refractivity contribution < 1.29 is 14.3 Å². The van der Waals surface area contributed by atoms with E-state index in [1.807, 2.05) is 0 Å². The third-order valence-corrected chi connectivity index (χ3v) is 4.26. The van der Waals surface area contributed by atoms with Crippen LogP contribution in [-0.4, -0.2) is 28.4 Å². The summed E-state index contributed by atoms with van der Waals surface area (Å²) in [7, 11) is 0. The SMILES string of the molecule is CCOC(=O)c1nc(-c2ccc(Cl)cc2)n(-c2ccccc2Cl)c1C=O. The van der Waals surface area contributed by atoms with Crippen molar-refractivity contribution in [1.29, 1.82) is 0 Å². The maximum absolute atomic E-state index is 12.3. The van der Waals surface area contributed by atoms with Crippen LogP contribution in [0, 0.1) is 0 Å². The van der Waals surface area contributed by atoms with Gasteiger partial charge in [0.05, 0.1) is 17.3 Å². The molecule has 0 aliphatic rings. The largest absolute Gasteiger partial charge is 0.461 e. The van der Waals surface area contributed by atoms with Crippen molar-refractivity contribution in [1.82, 2.24) is 9.55 Å². The van der Waals surface area contributed by atoms with E-state index >= 15 is 0 Å². The van der Waals surface area contributed by atoms with Gasteiger partial charge in [-0.2, -0.15) is 0 Å². The molecule has 7 heteroatoms. The molecule has 0 saturated carbocycles. The maximum atomic E-state index is 12.3. The summed E-state index contributed by atoms with van der Waals surface area (Å²) in [6.07, 6.45) is 0.571. The Kier molecular flexibility index (Phi) is 5.40. The summed E-state index contributed by atoms with van der Waals surface area (Å²) in [5, 5.41) is 0.976. The Bertz CT molecular complexity index is 965. The molecule has 0 aliphatic heterocycles. The smallest absolute Gasteiger partial charge is 0.359 e. The normalized spacial score (nSPS) is 10.6. The van der Waals surface area contributed by atoms with Gasteiger partial charge in [0.2, 0.25) is 0 Å². The predicted octanol–water partition coefficient (Wildman–Crippen LogP) is 4.84. The second-order valence-corrected chi connectivity index (χ2v) is 6.14. The molecule has 0 N–H and O–H groups in total.